The van der Waals surface area contributed by atoms with Gasteiger partial charge in [-0.3, -0.25) is 4.79 Å². The number of rotatable bonds is 15. The number of aliphatic hydroxyl groups excluding tert-OH is 1. The van der Waals surface area contributed by atoms with Crippen LogP contribution in [0.4, 0.5) is 10.5 Å². The Bertz CT molecular complexity index is 1460. The third-order valence-electron chi connectivity index (χ3n) is 8.52. The second-order valence-corrected chi connectivity index (χ2v) is 13.3. The molecule has 0 unspecified atom stereocenters. The van der Waals surface area contributed by atoms with Crippen molar-refractivity contribution in [3.63, 3.8) is 0 Å². The van der Waals surface area contributed by atoms with Crippen molar-refractivity contribution >= 4 is 27.7 Å². The monoisotopic (exact) mass is 636 g/mol. The first kappa shape index (κ1) is 34.1. The summed E-state index contributed by atoms with van der Waals surface area (Å²) in [5.41, 5.74) is 14.6. The van der Waals surface area contributed by atoms with Crippen molar-refractivity contribution in [1.29, 1.82) is 0 Å². The van der Waals surface area contributed by atoms with Crippen LogP contribution in [0.3, 0.4) is 0 Å². The summed E-state index contributed by atoms with van der Waals surface area (Å²) in [6.07, 6.45) is 2.11. The fourth-order valence-corrected chi connectivity index (χ4v) is 7.72. The van der Waals surface area contributed by atoms with E-state index in [4.69, 9.17) is 16.2 Å². The molecule has 242 valence electrons. The van der Waals surface area contributed by atoms with Crippen molar-refractivity contribution in [2.45, 2.75) is 68.0 Å². The van der Waals surface area contributed by atoms with E-state index in [1.165, 1.54) is 40.6 Å². The summed E-state index contributed by atoms with van der Waals surface area (Å²) in [5, 5.41) is 10.3. The molecule has 4 rings (SSSR count). The quantitative estimate of drug-likeness (QED) is 0.208. The van der Waals surface area contributed by atoms with Gasteiger partial charge in [-0.2, -0.15) is 4.31 Å². The van der Waals surface area contributed by atoms with Crippen LogP contribution in [0.5, 0.6) is 0 Å². The van der Waals surface area contributed by atoms with Crippen molar-refractivity contribution in [3.05, 3.63) is 96.1 Å². The molecule has 0 heterocycles. The fraction of sp³-hybridized carbons (Fsp3) is 0.412. The first-order chi connectivity index (χ1) is 21.6. The van der Waals surface area contributed by atoms with Gasteiger partial charge in [-0.25, -0.2) is 18.1 Å². The lowest BCUT2D eigenvalue weighted by Gasteiger charge is -2.34. The van der Waals surface area contributed by atoms with E-state index >= 15 is 0 Å². The van der Waals surface area contributed by atoms with Gasteiger partial charge in [0.15, 0.2) is 0 Å². The molecule has 1 aliphatic rings. The molecule has 0 aliphatic heterocycles. The van der Waals surface area contributed by atoms with E-state index in [0.29, 0.717) is 24.9 Å². The highest BCUT2D eigenvalue weighted by Crippen LogP contribution is 2.39. The number of anilines is 1. The predicted molar refractivity (Wildman–Crippen MR) is 174 cm³/mol. The van der Waals surface area contributed by atoms with Gasteiger partial charge in [-0.15, -0.1) is 0 Å². The summed E-state index contributed by atoms with van der Waals surface area (Å²) >= 11 is 0. The van der Waals surface area contributed by atoms with Gasteiger partial charge in [-0.05, 0) is 73.4 Å². The second kappa shape index (κ2) is 15.5. The molecule has 2 amide bonds. The summed E-state index contributed by atoms with van der Waals surface area (Å²) in [7, 11) is -2.65. The Labute approximate surface area is 266 Å². The third kappa shape index (κ3) is 8.09. The van der Waals surface area contributed by atoms with E-state index in [2.05, 4.69) is 0 Å². The summed E-state index contributed by atoms with van der Waals surface area (Å²) < 4.78 is 33.3. The number of amides is 2. The highest BCUT2D eigenvalue weighted by atomic mass is 32.2. The van der Waals surface area contributed by atoms with Crippen LogP contribution < -0.4 is 11.5 Å². The minimum atomic E-state index is -3.89. The zero-order valence-electron chi connectivity index (χ0n) is 25.9. The van der Waals surface area contributed by atoms with Gasteiger partial charge >= 0.3 is 6.09 Å². The minimum Gasteiger partial charge on any atom is -0.452 e. The van der Waals surface area contributed by atoms with Crippen molar-refractivity contribution < 1.29 is 27.9 Å². The van der Waals surface area contributed by atoms with E-state index < -0.39 is 46.1 Å². The predicted octanol–water partition coefficient (Wildman–Crippen LogP) is 4.34. The number of ether oxygens (including phenoxy) is 1. The van der Waals surface area contributed by atoms with Crippen LogP contribution in [0.2, 0.25) is 0 Å². The molecule has 3 aromatic carbocycles. The Hall–Kier alpha value is -3.77. The normalized spacial score (nSPS) is 15.4. The number of aliphatic hydroxyl groups is 1. The lowest BCUT2D eigenvalue weighted by atomic mass is 9.84. The van der Waals surface area contributed by atoms with E-state index in [-0.39, 0.29) is 24.0 Å². The van der Waals surface area contributed by atoms with Crippen molar-refractivity contribution in [1.82, 2.24) is 9.21 Å². The van der Waals surface area contributed by atoms with E-state index in [1.54, 1.807) is 6.92 Å². The number of methoxy groups -OCH3 is 1. The summed E-state index contributed by atoms with van der Waals surface area (Å²) in [6, 6.07) is 22.7. The maximum Gasteiger partial charge on any atom is 0.416 e. The standard InChI is InChI=1S/C34H44N4O6S/c1-3-37(45(42,43)29-21-19-27(35)20-22-29)28(23-39)15-10-16-30(24-17-18-24)38(34(41)44-2)33(40)32(36)31(25-11-6-4-7-12-25)26-13-8-5-9-14-26/h4-9,11-14,19-22,24,28,30-32,39H,3,10,15-18,23,35-36H2,1-2H3/t28-,30+,32-/m0/s1. The molecule has 0 saturated heterocycles. The Morgan fingerprint density at radius 2 is 1.49 bits per heavy atom. The number of imide groups is 1. The Morgan fingerprint density at radius 1 is 0.933 bits per heavy atom. The van der Waals surface area contributed by atoms with E-state index in [9.17, 15) is 23.1 Å². The molecule has 0 spiro atoms. The Morgan fingerprint density at radius 3 is 1.96 bits per heavy atom. The maximum atomic E-state index is 14.2. The molecule has 0 bridgehead atoms. The van der Waals surface area contributed by atoms with E-state index in [0.717, 1.165) is 24.0 Å². The third-order valence-corrected chi connectivity index (χ3v) is 10.6. The summed E-state index contributed by atoms with van der Waals surface area (Å²) in [5.74, 6) is -0.945. The number of likely N-dealkylation sites (N-methyl/N-ethyl adjacent to an activating group) is 1. The van der Waals surface area contributed by atoms with Crippen LogP contribution in [0.1, 0.15) is 56.1 Å². The molecule has 0 aromatic heterocycles. The fourth-order valence-electron chi connectivity index (χ4n) is 6.06. The van der Waals surface area contributed by atoms with Crippen molar-refractivity contribution in [2.24, 2.45) is 11.7 Å². The van der Waals surface area contributed by atoms with Gasteiger partial charge in [0.2, 0.25) is 15.9 Å². The zero-order chi connectivity index (χ0) is 32.6. The molecular formula is C34H44N4O6S. The highest BCUT2D eigenvalue weighted by Gasteiger charge is 2.44. The number of nitrogen functional groups attached to an aromatic ring is 1. The average Bonchev–Trinajstić information content (AvgIpc) is 3.90. The van der Waals surface area contributed by atoms with Crippen LogP contribution in [-0.4, -0.2) is 73.1 Å². The SMILES string of the molecule is CCN([C@H](CO)CCC[C@H](C1CC1)N(C(=O)OC)C(=O)[C@@H](N)C(c1ccccc1)c1ccccc1)S(=O)(=O)c1ccc(N)cc1. The maximum absolute atomic E-state index is 14.2. The molecule has 5 N–H and O–H groups in total. The van der Waals surface area contributed by atoms with Gasteiger partial charge < -0.3 is 21.3 Å². The Balaban J connectivity index is 1.55. The number of carbonyl (C=O) groups excluding carboxylic acids is 2. The lowest BCUT2D eigenvalue weighted by Crippen LogP contribution is -2.54. The number of nitrogens with zero attached hydrogens (tertiary/aromatic N) is 2. The van der Waals surface area contributed by atoms with Crippen molar-refractivity contribution in [3.8, 4) is 0 Å². The van der Waals surface area contributed by atoms with Crippen LogP contribution in [-0.2, 0) is 19.6 Å². The zero-order valence-corrected chi connectivity index (χ0v) is 26.7. The molecule has 10 nitrogen and oxygen atoms in total. The number of carbonyl (C=O) groups is 2. The van der Waals surface area contributed by atoms with Crippen LogP contribution in [0.25, 0.3) is 0 Å². The number of sulfonamides is 1. The molecule has 1 fully saturated rings. The molecule has 45 heavy (non-hydrogen) atoms. The van der Waals surface area contributed by atoms with Gasteiger partial charge in [-0.1, -0.05) is 67.6 Å². The van der Waals surface area contributed by atoms with Gasteiger partial charge in [0.25, 0.3) is 0 Å². The number of nitrogens with two attached hydrogens (primary N) is 2. The smallest absolute Gasteiger partial charge is 0.416 e. The average molecular weight is 637 g/mol. The molecule has 1 aliphatic carbocycles. The first-order valence-corrected chi connectivity index (χ1v) is 16.8. The number of hydrogen-bond acceptors (Lipinski definition) is 8. The lowest BCUT2D eigenvalue weighted by molar-refractivity contribution is -0.133. The molecule has 11 heteroatoms. The van der Waals surface area contributed by atoms with Crippen LogP contribution in [0, 0.1) is 5.92 Å². The highest BCUT2D eigenvalue weighted by molar-refractivity contribution is 7.89. The van der Waals surface area contributed by atoms with Crippen LogP contribution in [0.15, 0.2) is 89.8 Å². The van der Waals surface area contributed by atoms with Crippen LogP contribution >= 0.6 is 0 Å². The summed E-state index contributed by atoms with van der Waals surface area (Å²) in [6.45, 7) is 1.50. The molecule has 1 saturated carbocycles. The van der Waals surface area contributed by atoms with Crippen molar-refractivity contribution in [2.75, 3.05) is 26.0 Å². The second-order valence-electron chi connectivity index (χ2n) is 11.5. The number of hydrogen-bond donors (Lipinski definition) is 3. The molecular weight excluding hydrogens is 592 g/mol. The minimum absolute atomic E-state index is 0.0838. The molecule has 3 aromatic rings. The van der Waals surface area contributed by atoms with E-state index in [1.807, 2.05) is 60.7 Å². The van der Waals surface area contributed by atoms with Gasteiger partial charge in [0, 0.05) is 30.2 Å². The van der Waals surface area contributed by atoms with Gasteiger partial charge in [0.1, 0.15) is 0 Å². The Kier molecular flexibility index (Phi) is 11.7. The topological polar surface area (TPSA) is 156 Å². The summed E-state index contributed by atoms with van der Waals surface area (Å²) in [4.78, 5) is 28.7. The molecule has 3 atom stereocenters. The van der Waals surface area contributed by atoms with Gasteiger partial charge in [0.05, 0.1) is 24.7 Å². The number of benzene rings is 3. The molecule has 0 radical (unpaired) electrons. The largest absolute Gasteiger partial charge is 0.452 e. The first-order valence-electron chi connectivity index (χ1n) is 15.4.